The second-order valence-corrected chi connectivity index (χ2v) is 4.72. The van der Waals surface area contributed by atoms with Gasteiger partial charge in [-0.05, 0) is 36.6 Å². The lowest BCUT2D eigenvalue weighted by Crippen LogP contribution is -2.27. The fourth-order valence-electron chi connectivity index (χ4n) is 2.37. The zero-order chi connectivity index (χ0) is 12.8. The van der Waals surface area contributed by atoms with Crippen LogP contribution in [0.25, 0.3) is 0 Å². The molecule has 0 bridgehead atoms. The first-order chi connectivity index (χ1) is 8.83. The first-order valence-corrected chi connectivity index (χ1v) is 6.67. The number of rotatable bonds is 6. The van der Waals surface area contributed by atoms with E-state index < -0.39 is 0 Å². The fourth-order valence-corrected chi connectivity index (χ4v) is 2.37. The Bertz CT molecular complexity index is 437. The average molecular weight is 244 g/mol. The number of nitriles is 1. The van der Waals surface area contributed by atoms with Crippen LogP contribution < -0.4 is 4.74 Å². The van der Waals surface area contributed by atoms with E-state index in [9.17, 15) is 0 Å². The molecule has 1 aromatic rings. The Kier molecular flexibility index (Phi) is 4.60. The summed E-state index contributed by atoms with van der Waals surface area (Å²) in [7, 11) is 0. The van der Waals surface area contributed by atoms with Crippen LogP contribution in [-0.4, -0.2) is 31.1 Å². The molecule has 1 aromatic carbocycles. The summed E-state index contributed by atoms with van der Waals surface area (Å²) < 4.78 is 5.50. The third-order valence-electron chi connectivity index (χ3n) is 3.30. The summed E-state index contributed by atoms with van der Waals surface area (Å²) in [6, 6.07) is 8.70. The van der Waals surface area contributed by atoms with Crippen molar-refractivity contribution in [1.82, 2.24) is 4.90 Å². The van der Waals surface area contributed by atoms with E-state index in [2.05, 4.69) is 36.1 Å². The molecule has 0 aliphatic carbocycles. The topological polar surface area (TPSA) is 36.3 Å². The van der Waals surface area contributed by atoms with Crippen LogP contribution in [0.3, 0.4) is 0 Å². The van der Waals surface area contributed by atoms with Gasteiger partial charge >= 0.3 is 0 Å². The Morgan fingerprint density at radius 3 is 3.06 bits per heavy atom. The molecule has 18 heavy (non-hydrogen) atoms. The molecular weight excluding hydrogens is 224 g/mol. The van der Waals surface area contributed by atoms with Crippen molar-refractivity contribution in [1.29, 1.82) is 5.26 Å². The molecule has 3 heteroatoms. The van der Waals surface area contributed by atoms with Gasteiger partial charge in [-0.2, -0.15) is 5.26 Å². The SMILES string of the molecule is CCCN(CC#N)CCc1ccc2c(c1)CCO2. The second-order valence-electron chi connectivity index (χ2n) is 4.72. The first kappa shape index (κ1) is 12.9. The third-order valence-corrected chi connectivity index (χ3v) is 3.30. The van der Waals surface area contributed by atoms with Crippen LogP contribution in [0.1, 0.15) is 24.5 Å². The average Bonchev–Trinajstić information content (AvgIpc) is 2.84. The molecule has 0 amide bonds. The Balaban J connectivity index is 1.91. The lowest BCUT2D eigenvalue weighted by atomic mass is 10.1. The van der Waals surface area contributed by atoms with Crippen molar-refractivity contribution in [2.75, 3.05) is 26.2 Å². The number of benzene rings is 1. The van der Waals surface area contributed by atoms with Crippen molar-refractivity contribution in [3.05, 3.63) is 29.3 Å². The summed E-state index contributed by atoms with van der Waals surface area (Å²) in [5.41, 5.74) is 2.67. The van der Waals surface area contributed by atoms with E-state index in [4.69, 9.17) is 10.00 Å². The lowest BCUT2D eigenvalue weighted by Gasteiger charge is -2.18. The largest absolute Gasteiger partial charge is 0.493 e. The van der Waals surface area contributed by atoms with E-state index in [1.807, 2.05) is 0 Å². The van der Waals surface area contributed by atoms with Crippen LogP contribution >= 0.6 is 0 Å². The van der Waals surface area contributed by atoms with Gasteiger partial charge in [-0.25, -0.2) is 0 Å². The highest BCUT2D eigenvalue weighted by Crippen LogP contribution is 2.25. The molecule has 1 aliphatic heterocycles. The Morgan fingerprint density at radius 2 is 2.28 bits per heavy atom. The highest BCUT2D eigenvalue weighted by molar-refractivity contribution is 5.39. The molecule has 2 rings (SSSR count). The van der Waals surface area contributed by atoms with Crippen LogP contribution in [0, 0.1) is 11.3 Å². The van der Waals surface area contributed by atoms with Gasteiger partial charge in [-0.15, -0.1) is 0 Å². The zero-order valence-electron chi connectivity index (χ0n) is 11.0. The minimum Gasteiger partial charge on any atom is -0.493 e. The number of hydrogen-bond acceptors (Lipinski definition) is 3. The highest BCUT2D eigenvalue weighted by Gasteiger charge is 2.12. The molecule has 1 aliphatic rings. The molecule has 1 heterocycles. The monoisotopic (exact) mass is 244 g/mol. The Hall–Kier alpha value is -1.53. The van der Waals surface area contributed by atoms with E-state index in [0.29, 0.717) is 6.54 Å². The molecule has 0 N–H and O–H groups in total. The van der Waals surface area contributed by atoms with Gasteiger partial charge in [0, 0.05) is 13.0 Å². The fraction of sp³-hybridized carbons (Fsp3) is 0.533. The third kappa shape index (κ3) is 3.24. The highest BCUT2D eigenvalue weighted by atomic mass is 16.5. The standard InChI is InChI=1S/C15H20N2O/c1-2-8-17(10-7-16)9-5-13-3-4-15-14(12-13)6-11-18-15/h3-4,12H,2,5-6,8-11H2,1H3. The predicted molar refractivity (Wildman–Crippen MR) is 71.7 cm³/mol. The van der Waals surface area contributed by atoms with Crippen LogP contribution in [-0.2, 0) is 12.8 Å². The van der Waals surface area contributed by atoms with Gasteiger partial charge in [0.25, 0.3) is 0 Å². The van der Waals surface area contributed by atoms with Gasteiger partial charge < -0.3 is 4.74 Å². The lowest BCUT2D eigenvalue weighted by molar-refractivity contribution is 0.310. The molecule has 0 spiro atoms. The summed E-state index contributed by atoms with van der Waals surface area (Å²) >= 11 is 0. The number of nitrogens with zero attached hydrogens (tertiary/aromatic N) is 2. The molecule has 0 unspecified atom stereocenters. The van der Waals surface area contributed by atoms with Crippen molar-refractivity contribution in [2.45, 2.75) is 26.2 Å². The predicted octanol–water partition coefficient (Wildman–Crippen LogP) is 2.40. The molecule has 0 aromatic heterocycles. The maximum absolute atomic E-state index is 8.78. The minimum atomic E-state index is 0.530. The summed E-state index contributed by atoms with van der Waals surface area (Å²) in [5.74, 6) is 1.04. The van der Waals surface area contributed by atoms with Crippen molar-refractivity contribution >= 4 is 0 Å². The summed E-state index contributed by atoms with van der Waals surface area (Å²) in [4.78, 5) is 2.21. The Labute approximate surface area is 109 Å². The van der Waals surface area contributed by atoms with Crippen molar-refractivity contribution in [3.8, 4) is 11.8 Å². The van der Waals surface area contributed by atoms with Crippen molar-refractivity contribution < 1.29 is 4.74 Å². The molecule has 3 nitrogen and oxygen atoms in total. The molecular formula is C15H20N2O. The molecule has 0 fully saturated rings. The normalized spacial score (nSPS) is 13.2. The van der Waals surface area contributed by atoms with Gasteiger partial charge in [0.15, 0.2) is 0 Å². The van der Waals surface area contributed by atoms with Crippen LogP contribution in [0.4, 0.5) is 0 Å². The van der Waals surface area contributed by atoms with E-state index in [1.165, 1.54) is 11.1 Å². The van der Waals surface area contributed by atoms with E-state index >= 15 is 0 Å². The quantitative estimate of drug-likeness (QED) is 0.721. The van der Waals surface area contributed by atoms with Gasteiger partial charge in [-0.3, -0.25) is 4.90 Å². The molecule has 0 saturated carbocycles. The van der Waals surface area contributed by atoms with Gasteiger partial charge in [0.2, 0.25) is 0 Å². The maximum atomic E-state index is 8.78. The smallest absolute Gasteiger partial charge is 0.122 e. The van der Waals surface area contributed by atoms with Crippen LogP contribution in [0.5, 0.6) is 5.75 Å². The maximum Gasteiger partial charge on any atom is 0.122 e. The first-order valence-electron chi connectivity index (χ1n) is 6.67. The summed E-state index contributed by atoms with van der Waals surface area (Å²) in [6.07, 6.45) is 3.13. The van der Waals surface area contributed by atoms with E-state index in [1.54, 1.807) is 0 Å². The van der Waals surface area contributed by atoms with Crippen molar-refractivity contribution in [3.63, 3.8) is 0 Å². The zero-order valence-corrected chi connectivity index (χ0v) is 11.0. The van der Waals surface area contributed by atoms with Gasteiger partial charge in [0.05, 0.1) is 19.2 Å². The van der Waals surface area contributed by atoms with E-state index in [0.717, 1.165) is 44.7 Å². The number of fused-ring (bicyclic) bond motifs is 1. The van der Waals surface area contributed by atoms with Gasteiger partial charge in [0.1, 0.15) is 5.75 Å². The molecule has 96 valence electrons. The molecule has 0 saturated heterocycles. The minimum absolute atomic E-state index is 0.530. The second kappa shape index (κ2) is 6.42. The molecule has 0 atom stereocenters. The number of hydrogen-bond donors (Lipinski definition) is 0. The molecule has 0 radical (unpaired) electrons. The van der Waals surface area contributed by atoms with Crippen LogP contribution in [0.15, 0.2) is 18.2 Å². The summed E-state index contributed by atoms with van der Waals surface area (Å²) in [6.45, 7) is 5.46. The van der Waals surface area contributed by atoms with E-state index in [-0.39, 0.29) is 0 Å². The van der Waals surface area contributed by atoms with Crippen LogP contribution in [0.2, 0.25) is 0 Å². The summed E-state index contributed by atoms with van der Waals surface area (Å²) in [5, 5.41) is 8.78. The van der Waals surface area contributed by atoms with Crippen molar-refractivity contribution in [2.24, 2.45) is 0 Å². The van der Waals surface area contributed by atoms with Gasteiger partial charge in [-0.1, -0.05) is 19.1 Å². The Morgan fingerprint density at radius 1 is 1.39 bits per heavy atom. The number of ether oxygens (including phenoxy) is 1.